The molecular formula is C37H49FN4O8. The Labute approximate surface area is 292 Å². The number of Topliss-reactive ketones (excluding diaryl/α,β-unsaturated/α-hetero) is 1. The summed E-state index contributed by atoms with van der Waals surface area (Å²) < 4.78 is 21.2. The van der Waals surface area contributed by atoms with Crippen LogP contribution in [0.1, 0.15) is 47.0 Å². The van der Waals surface area contributed by atoms with E-state index < -0.39 is 23.7 Å². The van der Waals surface area contributed by atoms with Gasteiger partial charge < -0.3 is 30.3 Å². The number of amides is 1. The van der Waals surface area contributed by atoms with Gasteiger partial charge in [-0.05, 0) is 84.2 Å². The minimum absolute atomic E-state index is 0.00950. The predicted molar refractivity (Wildman–Crippen MR) is 190 cm³/mol. The van der Waals surface area contributed by atoms with Gasteiger partial charge >= 0.3 is 12.1 Å². The van der Waals surface area contributed by atoms with Crippen molar-refractivity contribution < 1.29 is 38.1 Å². The summed E-state index contributed by atoms with van der Waals surface area (Å²) in [5.41, 5.74) is 7.22. The number of carbonyl (C=O) groups excluding carboxylic acids is 4. The van der Waals surface area contributed by atoms with Crippen molar-refractivity contribution in [1.82, 2.24) is 15.2 Å². The Balaban J connectivity index is 0.000000245. The summed E-state index contributed by atoms with van der Waals surface area (Å²) in [5.74, 6) is 0.170. The van der Waals surface area contributed by atoms with Crippen LogP contribution in [-0.4, -0.2) is 78.9 Å². The number of ketones is 1. The van der Waals surface area contributed by atoms with Crippen molar-refractivity contribution in [2.75, 3.05) is 27.2 Å². The summed E-state index contributed by atoms with van der Waals surface area (Å²) in [7, 11) is 3.62. The molecule has 0 spiro atoms. The number of H-pyrrole nitrogens is 1. The third-order valence-corrected chi connectivity index (χ3v) is 7.75. The lowest BCUT2D eigenvalue weighted by Gasteiger charge is -2.20. The minimum Gasteiger partial charge on any atom is -0.497 e. The van der Waals surface area contributed by atoms with Crippen LogP contribution >= 0.6 is 0 Å². The molecule has 1 saturated carbocycles. The van der Waals surface area contributed by atoms with Gasteiger partial charge in [-0.25, -0.2) is 9.59 Å². The lowest BCUT2D eigenvalue weighted by Crippen LogP contribution is -2.43. The molecule has 0 radical (unpaired) electrons. The van der Waals surface area contributed by atoms with Crippen LogP contribution in [0.5, 0.6) is 5.75 Å². The Morgan fingerprint density at radius 1 is 1.16 bits per heavy atom. The molecule has 1 aliphatic carbocycles. The smallest absolute Gasteiger partial charge is 0.408 e. The second-order valence-corrected chi connectivity index (χ2v) is 12.8. The summed E-state index contributed by atoms with van der Waals surface area (Å²) in [6.45, 7) is 11.5. The number of pyridine rings is 1. The van der Waals surface area contributed by atoms with Gasteiger partial charge in [-0.15, -0.1) is 6.58 Å². The maximum atomic E-state index is 12.1. The zero-order valence-electron chi connectivity index (χ0n) is 29.6. The molecule has 3 aromatic rings. The minimum atomic E-state index is -0.764. The van der Waals surface area contributed by atoms with Crippen LogP contribution in [0.4, 0.5) is 9.32 Å². The molecule has 2 fully saturated rings. The van der Waals surface area contributed by atoms with Crippen molar-refractivity contribution in [2.24, 2.45) is 17.6 Å². The van der Waals surface area contributed by atoms with Gasteiger partial charge in [0.25, 0.3) is 0 Å². The molecule has 2 aliphatic rings. The van der Waals surface area contributed by atoms with Crippen molar-refractivity contribution in [3.05, 3.63) is 77.5 Å². The molecule has 272 valence electrons. The van der Waals surface area contributed by atoms with Crippen LogP contribution in [0.2, 0.25) is 0 Å². The van der Waals surface area contributed by atoms with E-state index in [2.05, 4.69) is 26.7 Å². The van der Waals surface area contributed by atoms with Gasteiger partial charge in [0.05, 0.1) is 30.6 Å². The van der Waals surface area contributed by atoms with E-state index in [1.807, 2.05) is 43.4 Å². The third kappa shape index (κ3) is 13.6. The largest absolute Gasteiger partial charge is 0.497 e. The van der Waals surface area contributed by atoms with Gasteiger partial charge in [0, 0.05) is 34.3 Å². The Kier molecular flexibility index (Phi) is 16.5. The molecule has 1 saturated heterocycles. The number of likely N-dealkylation sites (N-methyl/N-ethyl adjacent to an activating group) is 1. The number of benzene rings is 2. The standard InChI is InChI=1S/C16H13NO2.C8H16N2O3.C7H13NO.C6H7FO2/c1-19-12-7-8-13-15(9-12)17-14(10-16(13)18)11-5-3-2-4-6-11;1-8(2,3)13-7(12)10-6(4-9)5-11;1-6(9)7-4-3-5-8(7)2;1-2-4-3-5(4)6(8)9-7/h2-10H,1H3,(H,17,18);5-6H,4,9H2,1-3H3,(H,10,12);7H,3-5H2,1-2H3;2,4-5H,1,3H2. The lowest BCUT2D eigenvalue weighted by molar-refractivity contribution is -0.185. The van der Waals surface area contributed by atoms with Gasteiger partial charge in [-0.2, -0.15) is 0 Å². The summed E-state index contributed by atoms with van der Waals surface area (Å²) in [4.78, 5) is 63.0. The van der Waals surface area contributed by atoms with Gasteiger partial charge in [-0.1, -0.05) is 36.4 Å². The summed E-state index contributed by atoms with van der Waals surface area (Å²) >= 11 is 0. The van der Waals surface area contributed by atoms with Crippen LogP contribution in [-0.2, 0) is 24.1 Å². The molecule has 4 N–H and O–H groups in total. The van der Waals surface area contributed by atoms with Gasteiger partial charge in [0.15, 0.2) is 5.43 Å². The van der Waals surface area contributed by atoms with Gasteiger partial charge in [0.1, 0.15) is 23.4 Å². The molecule has 5 rings (SSSR count). The first-order valence-corrected chi connectivity index (χ1v) is 16.2. The van der Waals surface area contributed by atoms with E-state index in [-0.39, 0.29) is 29.9 Å². The van der Waals surface area contributed by atoms with E-state index in [9.17, 15) is 28.5 Å². The van der Waals surface area contributed by atoms with Crippen LogP contribution in [0.25, 0.3) is 22.2 Å². The maximum absolute atomic E-state index is 12.1. The zero-order chi connectivity index (χ0) is 37.4. The van der Waals surface area contributed by atoms with E-state index in [1.165, 1.54) is 6.42 Å². The maximum Gasteiger partial charge on any atom is 0.408 e. The zero-order valence-corrected chi connectivity index (χ0v) is 29.6. The molecule has 4 atom stereocenters. The van der Waals surface area contributed by atoms with Crippen molar-refractivity contribution in [3.63, 3.8) is 0 Å². The predicted octanol–water partition coefficient (Wildman–Crippen LogP) is 5.15. The fraction of sp³-hybridized carbons (Fsp3) is 0.432. The number of halogens is 1. The molecule has 0 bridgehead atoms. The average molecular weight is 697 g/mol. The SMILES string of the molecule is C=CC1CC1C(=O)OF.CC(=O)C1CCCN1C.CC(C)(C)OC(=O)NC(C=O)CN.COc1ccc2c(=O)cc(-c3ccccc3)[nH]c2c1. The van der Waals surface area contributed by atoms with Crippen molar-refractivity contribution >= 4 is 35.0 Å². The van der Waals surface area contributed by atoms with Crippen molar-refractivity contribution in [3.8, 4) is 17.0 Å². The summed E-state index contributed by atoms with van der Waals surface area (Å²) in [6, 6.07) is 16.4. The Hall–Kier alpha value is -4.88. The van der Waals surface area contributed by atoms with Crippen LogP contribution in [0.15, 0.2) is 72.0 Å². The number of hydrogen-bond donors (Lipinski definition) is 3. The van der Waals surface area contributed by atoms with Gasteiger partial charge in [-0.3, -0.25) is 19.4 Å². The Morgan fingerprint density at radius 2 is 1.84 bits per heavy atom. The number of carbonyl (C=O) groups is 4. The number of likely N-dealkylation sites (tertiary alicyclic amines) is 1. The molecule has 1 aliphatic heterocycles. The number of methoxy groups -OCH3 is 1. The first-order valence-electron chi connectivity index (χ1n) is 16.2. The number of fused-ring (bicyclic) bond motifs is 1. The number of aromatic amines is 1. The number of aromatic nitrogens is 1. The number of aldehydes is 1. The normalized spacial score (nSPS) is 18.3. The number of hydrogen-bond acceptors (Lipinski definition) is 10. The number of rotatable bonds is 8. The first-order chi connectivity index (χ1) is 23.7. The van der Waals surface area contributed by atoms with Crippen LogP contribution in [0, 0.1) is 11.8 Å². The number of allylic oxidation sites excluding steroid dienone is 1. The van der Waals surface area contributed by atoms with E-state index in [4.69, 9.17) is 15.2 Å². The lowest BCUT2D eigenvalue weighted by atomic mass is 10.1. The Bertz CT molecular complexity index is 1640. The van der Waals surface area contributed by atoms with E-state index >= 15 is 0 Å². The van der Waals surface area contributed by atoms with Gasteiger partial charge in [0.2, 0.25) is 0 Å². The highest BCUT2D eigenvalue weighted by Gasteiger charge is 2.42. The number of nitrogens with zero attached hydrogens (tertiary/aromatic N) is 1. The Morgan fingerprint density at radius 3 is 2.30 bits per heavy atom. The van der Waals surface area contributed by atoms with E-state index in [1.54, 1.807) is 59.1 Å². The van der Waals surface area contributed by atoms with E-state index in [0.29, 0.717) is 23.9 Å². The fourth-order valence-electron chi connectivity index (χ4n) is 4.97. The van der Waals surface area contributed by atoms with Crippen molar-refractivity contribution in [1.29, 1.82) is 0 Å². The second-order valence-electron chi connectivity index (χ2n) is 12.8. The molecule has 2 aromatic carbocycles. The quantitative estimate of drug-likeness (QED) is 0.212. The van der Waals surface area contributed by atoms with Crippen LogP contribution < -0.4 is 21.2 Å². The molecule has 50 heavy (non-hydrogen) atoms. The molecule has 1 aromatic heterocycles. The number of alkyl carbamates (subject to hydrolysis) is 1. The monoisotopic (exact) mass is 696 g/mol. The highest BCUT2D eigenvalue weighted by molar-refractivity contribution is 5.83. The van der Waals surface area contributed by atoms with E-state index in [0.717, 1.165) is 35.5 Å². The topological polar surface area (TPSA) is 170 Å². The van der Waals surface area contributed by atoms with Crippen molar-refractivity contribution in [2.45, 2.75) is 64.6 Å². The third-order valence-electron chi connectivity index (χ3n) is 7.75. The molecule has 4 unspecified atom stereocenters. The molecule has 2 heterocycles. The van der Waals surface area contributed by atoms with Crippen LogP contribution in [0.3, 0.4) is 0 Å². The highest BCUT2D eigenvalue weighted by atomic mass is 19.3. The molecule has 13 heteroatoms. The molecule has 12 nitrogen and oxygen atoms in total. The average Bonchev–Trinajstić information content (AvgIpc) is 3.76. The number of nitrogens with two attached hydrogens (primary N) is 1. The number of ether oxygens (including phenoxy) is 2. The summed E-state index contributed by atoms with van der Waals surface area (Å²) in [5, 5.41) is 2.99. The molecular weight excluding hydrogens is 647 g/mol. The highest BCUT2D eigenvalue weighted by Crippen LogP contribution is 2.40. The second kappa shape index (κ2) is 20.0. The number of nitrogens with one attached hydrogen (secondary N) is 2. The summed E-state index contributed by atoms with van der Waals surface area (Å²) in [6.07, 6.45) is 4.51. The first kappa shape index (κ1) is 41.3. The molecule has 1 amide bonds. The fourth-order valence-corrected chi connectivity index (χ4v) is 4.97.